The molecule has 0 saturated heterocycles. The molecule has 0 unspecified atom stereocenters. The van der Waals surface area contributed by atoms with Crippen molar-refractivity contribution in [2.24, 2.45) is 5.73 Å². The molecule has 4 rings (SSSR count). The molecule has 0 spiro atoms. The summed E-state index contributed by atoms with van der Waals surface area (Å²) in [6.07, 6.45) is 1.49. The zero-order valence-electron chi connectivity index (χ0n) is 21.4. The molecule has 0 atom stereocenters. The summed E-state index contributed by atoms with van der Waals surface area (Å²) in [6.45, 7) is 12.2. The number of hydrazine groups is 1. The number of hydrogen-bond acceptors (Lipinski definition) is 7. The molecule has 9 heteroatoms. The number of fused-ring (bicyclic) bond motifs is 2. The zero-order chi connectivity index (χ0) is 25.8. The van der Waals surface area contributed by atoms with Crippen LogP contribution in [-0.4, -0.2) is 54.2 Å². The smallest absolute Gasteiger partial charge is 0.255 e. The number of nitrogens with two attached hydrogens (primary N) is 1. The van der Waals surface area contributed by atoms with E-state index in [4.69, 9.17) is 9.32 Å². The van der Waals surface area contributed by atoms with Gasteiger partial charge in [0, 0.05) is 31.2 Å². The molecule has 0 aliphatic carbocycles. The molecule has 9 nitrogen and oxygen atoms in total. The van der Waals surface area contributed by atoms with Gasteiger partial charge in [-0.2, -0.15) is 0 Å². The largest absolute Gasteiger partial charge is 0.376 e. The van der Waals surface area contributed by atoms with Crippen LogP contribution in [0.2, 0.25) is 0 Å². The lowest BCUT2D eigenvalue weighted by Crippen LogP contribution is -2.43. The molecule has 3 aromatic rings. The Hall–Kier alpha value is -3.43. The SMILES string of the molecule is CCCNCC.Cc1cc2onc(C)c2cc1NCC(=O)N(C)N1Cc2ccccc2C1.NC=O. The Morgan fingerprint density at radius 3 is 2.37 bits per heavy atom. The highest BCUT2D eigenvalue weighted by atomic mass is 16.5. The van der Waals surface area contributed by atoms with Gasteiger partial charge < -0.3 is 20.9 Å². The number of amides is 2. The minimum absolute atomic E-state index is 0.0272. The van der Waals surface area contributed by atoms with Gasteiger partial charge in [0.15, 0.2) is 5.58 Å². The lowest BCUT2D eigenvalue weighted by molar-refractivity contribution is -0.144. The van der Waals surface area contributed by atoms with Gasteiger partial charge in [-0.05, 0) is 62.2 Å². The minimum Gasteiger partial charge on any atom is -0.376 e. The van der Waals surface area contributed by atoms with Crippen molar-refractivity contribution in [2.45, 2.75) is 47.2 Å². The highest BCUT2D eigenvalue weighted by Crippen LogP contribution is 2.26. The number of nitrogens with one attached hydrogen (secondary N) is 2. The Morgan fingerprint density at radius 1 is 1.20 bits per heavy atom. The Bertz CT molecular complexity index is 1070. The summed E-state index contributed by atoms with van der Waals surface area (Å²) in [7, 11) is 1.83. The summed E-state index contributed by atoms with van der Waals surface area (Å²) in [5.41, 5.74) is 10.3. The lowest BCUT2D eigenvalue weighted by atomic mass is 10.1. The van der Waals surface area contributed by atoms with Crippen LogP contribution >= 0.6 is 0 Å². The second-order valence-corrected chi connectivity index (χ2v) is 8.28. The maximum atomic E-state index is 12.6. The van der Waals surface area contributed by atoms with Crippen molar-refractivity contribution in [1.29, 1.82) is 0 Å². The van der Waals surface area contributed by atoms with Gasteiger partial charge >= 0.3 is 0 Å². The van der Waals surface area contributed by atoms with Crippen molar-refractivity contribution in [3.63, 3.8) is 0 Å². The van der Waals surface area contributed by atoms with E-state index in [9.17, 15) is 4.79 Å². The number of carbonyl (C=O) groups is 2. The summed E-state index contributed by atoms with van der Waals surface area (Å²) in [5, 5.41) is 15.2. The molecule has 0 bridgehead atoms. The van der Waals surface area contributed by atoms with E-state index in [1.54, 1.807) is 5.01 Å². The molecule has 1 aliphatic rings. The summed E-state index contributed by atoms with van der Waals surface area (Å²) in [5.74, 6) is 0.0272. The van der Waals surface area contributed by atoms with E-state index in [1.807, 2.05) is 45.2 Å². The van der Waals surface area contributed by atoms with Crippen molar-refractivity contribution in [2.75, 3.05) is 32.0 Å². The average Bonchev–Trinajstić information content (AvgIpc) is 3.44. The first-order valence-electron chi connectivity index (χ1n) is 11.9. The number of anilines is 1. The summed E-state index contributed by atoms with van der Waals surface area (Å²) in [4.78, 5) is 21.2. The molecule has 1 aromatic heterocycles. The van der Waals surface area contributed by atoms with Gasteiger partial charge in [-0.1, -0.05) is 43.3 Å². The maximum Gasteiger partial charge on any atom is 0.255 e. The van der Waals surface area contributed by atoms with Crippen LogP contribution in [0.5, 0.6) is 0 Å². The predicted molar refractivity (Wildman–Crippen MR) is 140 cm³/mol. The first-order chi connectivity index (χ1) is 16.9. The molecule has 0 radical (unpaired) electrons. The van der Waals surface area contributed by atoms with E-state index >= 15 is 0 Å². The number of hydrogen-bond donors (Lipinski definition) is 3. The minimum atomic E-state index is 0.0272. The van der Waals surface area contributed by atoms with Crippen LogP contribution in [0.15, 0.2) is 40.9 Å². The zero-order valence-corrected chi connectivity index (χ0v) is 21.4. The fraction of sp³-hybridized carbons (Fsp3) is 0.423. The number of benzene rings is 2. The molecule has 0 saturated carbocycles. The summed E-state index contributed by atoms with van der Waals surface area (Å²) in [6, 6.07) is 12.3. The molecule has 2 aromatic carbocycles. The normalized spacial score (nSPS) is 12.1. The van der Waals surface area contributed by atoms with E-state index in [1.165, 1.54) is 17.5 Å². The van der Waals surface area contributed by atoms with Crippen LogP contribution in [0.1, 0.15) is 42.7 Å². The van der Waals surface area contributed by atoms with Crippen molar-refractivity contribution in [1.82, 2.24) is 20.5 Å². The van der Waals surface area contributed by atoms with Gasteiger partial charge in [0.1, 0.15) is 0 Å². The Labute approximate surface area is 207 Å². The lowest BCUT2D eigenvalue weighted by Gasteiger charge is -2.28. The molecule has 0 fully saturated rings. The molecular formula is C26H38N6O3. The molecule has 190 valence electrons. The summed E-state index contributed by atoms with van der Waals surface area (Å²) < 4.78 is 5.29. The first-order valence-corrected chi connectivity index (χ1v) is 11.9. The Kier molecular flexibility index (Phi) is 11.2. The van der Waals surface area contributed by atoms with Crippen LogP contribution in [0.25, 0.3) is 11.0 Å². The van der Waals surface area contributed by atoms with E-state index in [2.05, 4.69) is 52.5 Å². The number of aromatic nitrogens is 1. The number of aryl methyl sites for hydroxylation is 2. The third kappa shape index (κ3) is 7.80. The van der Waals surface area contributed by atoms with Gasteiger partial charge in [0.2, 0.25) is 6.41 Å². The van der Waals surface area contributed by atoms with Crippen LogP contribution < -0.4 is 16.4 Å². The molecule has 2 amide bonds. The highest BCUT2D eigenvalue weighted by Gasteiger charge is 2.24. The van der Waals surface area contributed by atoms with Crippen LogP contribution in [0.3, 0.4) is 0 Å². The molecule has 4 N–H and O–H groups in total. The molecular weight excluding hydrogens is 444 g/mol. The Morgan fingerprint density at radius 2 is 1.83 bits per heavy atom. The molecule has 35 heavy (non-hydrogen) atoms. The second kappa shape index (κ2) is 14.1. The Balaban J connectivity index is 0.000000415. The predicted octanol–water partition coefficient (Wildman–Crippen LogP) is 3.35. The number of likely N-dealkylation sites (N-methyl/N-ethyl adjacent to an activating group) is 1. The standard InChI is InChI=1S/C20H22N4O2.C5H13N.CH3NO/c1-13-8-19-17(14(2)22-26-19)9-18(13)21-10-20(25)23(3)24-11-15-6-4-5-7-16(15)12-24;1-3-5-6-4-2;2-1-3/h4-9,21H,10-12H2,1-3H3;6H,3-5H2,1-2H3;1H,(H2,2,3). The van der Waals surface area contributed by atoms with E-state index in [0.29, 0.717) is 0 Å². The van der Waals surface area contributed by atoms with Crippen molar-refractivity contribution >= 4 is 29.0 Å². The molecule has 2 heterocycles. The third-order valence-electron chi connectivity index (χ3n) is 5.71. The van der Waals surface area contributed by atoms with E-state index in [0.717, 1.165) is 54.1 Å². The van der Waals surface area contributed by atoms with Gasteiger partial charge in [-0.3, -0.25) is 14.6 Å². The third-order valence-corrected chi connectivity index (χ3v) is 5.71. The number of rotatable bonds is 7. The number of primary amides is 1. The fourth-order valence-electron chi connectivity index (χ4n) is 3.72. The van der Waals surface area contributed by atoms with E-state index in [-0.39, 0.29) is 18.9 Å². The van der Waals surface area contributed by atoms with Crippen molar-refractivity contribution in [3.05, 3.63) is 58.8 Å². The van der Waals surface area contributed by atoms with Gasteiger partial charge in [-0.25, -0.2) is 5.01 Å². The van der Waals surface area contributed by atoms with Crippen molar-refractivity contribution < 1.29 is 14.1 Å². The van der Waals surface area contributed by atoms with Gasteiger partial charge in [-0.15, -0.1) is 0 Å². The highest BCUT2D eigenvalue weighted by molar-refractivity contribution is 5.86. The summed E-state index contributed by atoms with van der Waals surface area (Å²) >= 11 is 0. The quantitative estimate of drug-likeness (QED) is 0.349. The second-order valence-electron chi connectivity index (χ2n) is 8.28. The maximum absolute atomic E-state index is 12.6. The monoisotopic (exact) mass is 482 g/mol. The van der Waals surface area contributed by atoms with E-state index < -0.39 is 0 Å². The topological polar surface area (TPSA) is 117 Å². The number of carbonyl (C=O) groups excluding carboxylic acids is 2. The van der Waals surface area contributed by atoms with Crippen LogP contribution in [-0.2, 0) is 22.7 Å². The van der Waals surface area contributed by atoms with Gasteiger partial charge in [0.25, 0.3) is 5.91 Å². The first kappa shape index (κ1) is 27.8. The van der Waals surface area contributed by atoms with Gasteiger partial charge in [0.05, 0.1) is 12.2 Å². The molecule has 1 aliphatic heterocycles. The fourth-order valence-corrected chi connectivity index (χ4v) is 3.72. The average molecular weight is 483 g/mol. The van der Waals surface area contributed by atoms with Crippen LogP contribution in [0, 0.1) is 13.8 Å². The van der Waals surface area contributed by atoms with Crippen LogP contribution in [0.4, 0.5) is 5.69 Å². The van der Waals surface area contributed by atoms with Crippen molar-refractivity contribution in [3.8, 4) is 0 Å². The number of nitrogens with zero attached hydrogens (tertiary/aromatic N) is 3.